The Kier molecular flexibility index (Phi) is 6.69. The molecule has 0 heterocycles. The molecule has 0 unspecified atom stereocenters. The van der Waals surface area contributed by atoms with Crippen molar-refractivity contribution in [3.05, 3.63) is 53.6 Å². The number of amides is 2. The summed E-state index contributed by atoms with van der Waals surface area (Å²) in [7, 11) is 0. The maximum Gasteiger partial charge on any atom is 0.255 e. The highest BCUT2D eigenvalue weighted by Gasteiger charge is 2.29. The molecule has 0 aromatic heterocycles. The molecule has 0 bridgehead atoms. The normalized spacial score (nSPS) is 13.1. The van der Waals surface area contributed by atoms with E-state index in [1.165, 1.54) is 0 Å². The lowest BCUT2D eigenvalue weighted by Crippen LogP contribution is -2.15. The molecule has 0 saturated heterocycles. The van der Waals surface area contributed by atoms with E-state index in [1.54, 1.807) is 18.2 Å². The minimum absolute atomic E-state index is 0.0515. The van der Waals surface area contributed by atoms with Crippen LogP contribution in [0.25, 0.3) is 0 Å². The summed E-state index contributed by atoms with van der Waals surface area (Å²) in [5.41, 5.74) is 2.90. The van der Waals surface area contributed by atoms with E-state index in [1.807, 2.05) is 31.2 Å². The number of carbonyl (C=O) groups is 2. The van der Waals surface area contributed by atoms with E-state index in [-0.39, 0.29) is 17.7 Å². The van der Waals surface area contributed by atoms with Crippen LogP contribution in [-0.4, -0.2) is 18.4 Å². The van der Waals surface area contributed by atoms with E-state index in [0.717, 1.165) is 43.4 Å². The fourth-order valence-electron chi connectivity index (χ4n) is 2.86. The molecule has 0 spiro atoms. The summed E-state index contributed by atoms with van der Waals surface area (Å²) in [6.07, 6.45) is 5.26. The number of unbranched alkanes of at least 4 members (excludes halogenated alkanes) is 2. The Balaban J connectivity index is 1.59. The van der Waals surface area contributed by atoms with Gasteiger partial charge < -0.3 is 15.4 Å². The zero-order valence-corrected chi connectivity index (χ0v) is 16.6. The molecule has 148 valence electrons. The Labute approximate surface area is 166 Å². The van der Waals surface area contributed by atoms with Crippen molar-refractivity contribution in [2.45, 2.75) is 46.0 Å². The zero-order valence-electron chi connectivity index (χ0n) is 16.6. The largest absolute Gasteiger partial charge is 0.494 e. The van der Waals surface area contributed by atoms with Crippen molar-refractivity contribution in [2.75, 3.05) is 17.2 Å². The summed E-state index contributed by atoms with van der Waals surface area (Å²) in [5, 5.41) is 5.85. The zero-order chi connectivity index (χ0) is 19.9. The van der Waals surface area contributed by atoms with Crippen molar-refractivity contribution in [1.29, 1.82) is 0 Å². The van der Waals surface area contributed by atoms with Crippen LogP contribution in [-0.2, 0) is 4.79 Å². The third kappa shape index (κ3) is 5.59. The van der Waals surface area contributed by atoms with Crippen LogP contribution < -0.4 is 15.4 Å². The number of ether oxygens (including phenoxy) is 1. The van der Waals surface area contributed by atoms with E-state index in [2.05, 4.69) is 17.6 Å². The average Bonchev–Trinajstić information content (AvgIpc) is 3.54. The van der Waals surface area contributed by atoms with Crippen LogP contribution in [0.5, 0.6) is 5.75 Å². The van der Waals surface area contributed by atoms with E-state index in [9.17, 15) is 9.59 Å². The highest BCUT2D eigenvalue weighted by Crippen LogP contribution is 2.31. The van der Waals surface area contributed by atoms with Crippen LogP contribution in [0.3, 0.4) is 0 Å². The lowest BCUT2D eigenvalue weighted by atomic mass is 10.1. The molecule has 28 heavy (non-hydrogen) atoms. The summed E-state index contributed by atoms with van der Waals surface area (Å²) in [6, 6.07) is 12.7. The Morgan fingerprint density at radius 1 is 1.04 bits per heavy atom. The van der Waals surface area contributed by atoms with Crippen LogP contribution >= 0.6 is 0 Å². The van der Waals surface area contributed by atoms with Crippen molar-refractivity contribution in [3.8, 4) is 5.75 Å². The van der Waals surface area contributed by atoms with Crippen LogP contribution in [0.1, 0.15) is 54.9 Å². The topological polar surface area (TPSA) is 67.4 Å². The van der Waals surface area contributed by atoms with Gasteiger partial charge in [-0.1, -0.05) is 25.8 Å². The monoisotopic (exact) mass is 380 g/mol. The van der Waals surface area contributed by atoms with Gasteiger partial charge in [-0.15, -0.1) is 0 Å². The van der Waals surface area contributed by atoms with Gasteiger partial charge in [0.1, 0.15) is 5.75 Å². The van der Waals surface area contributed by atoms with Gasteiger partial charge in [0.15, 0.2) is 0 Å². The number of rotatable bonds is 9. The quantitative estimate of drug-likeness (QED) is 0.590. The molecule has 1 aliphatic carbocycles. The van der Waals surface area contributed by atoms with Crippen molar-refractivity contribution in [3.63, 3.8) is 0 Å². The van der Waals surface area contributed by atoms with Crippen molar-refractivity contribution in [2.24, 2.45) is 5.92 Å². The third-order valence-corrected chi connectivity index (χ3v) is 4.83. The van der Waals surface area contributed by atoms with Crippen molar-refractivity contribution >= 4 is 23.2 Å². The fourth-order valence-corrected chi connectivity index (χ4v) is 2.86. The molecule has 1 saturated carbocycles. The van der Waals surface area contributed by atoms with Crippen LogP contribution in [0, 0.1) is 12.8 Å². The summed E-state index contributed by atoms with van der Waals surface area (Å²) >= 11 is 0. The molecular formula is C23H28N2O3. The molecule has 0 radical (unpaired) electrons. The standard InChI is InChI=1S/C23H28N2O3/c1-3-4-5-14-28-20-12-9-18(10-13-20)23(27)25-21-15-19(11-6-16(21)2)24-22(26)17-7-8-17/h6,9-13,15,17H,3-5,7-8,14H2,1-2H3,(H,24,26)(H,25,27). The van der Waals surface area contributed by atoms with Gasteiger partial charge in [-0.25, -0.2) is 0 Å². The first kappa shape index (κ1) is 19.9. The molecule has 2 N–H and O–H groups in total. The van der Waals surface area contributed by atoms with Crippen LogP contribution in [0.4, 0.5) is 11.4 Å². The molecule has 2 amide bonds. The minimum atomic E-state index is -0.189. The minimum Gasteiger partial charge on any atom is -0.494 e. The number of aryl methyl sites for hydroxylation is 1. The predicted octanol–water partition coefficient (Wildman–Crippen LogP) is 5.16. The maximum absolute atomic E-state index is 12.6. The van der Waals surface area contributed by atoms with E-state index in [0.29, 0.717) is 23.5 Å². The summed E-state index contributed by atoms with van der Waals surface area (Å²) in [6.45, 7) is 4.78. The molecule has 5 nitrogen and oxygen atoms in total. The fraction of sp³-hybridized carbons (Fsp3) is 0.391. The second-order valence-corrected chi connectivity index (χ2v) is 7.33. The highest BCUT2D eigenvalue weighted by atomic mass is 16.5. The van der Waals surface area contributed by atoms with Gasteiger partial charge in [-0.3, -0.25) is 9.59 Å². The SMILES string of the molecule is CCCCCOc1ccc(C(=O)Nc2cc(NC(=O)C3CC3)ccc2C)cc1. The lowest BCUT2D eigenvalue weighted by molar-refractivity contribution is -0.117. The second kappa shape index (κ2) is 9.40. The molecule has 1 aliphatic rings. The Hall–Kier alpha value is -2.82. The molecule has 0 atom stereocenters. The smallest absolute Gasteiger partial charge is 0.255 e. The first-order valence-corrected chi connectivity index (χ1v) is 10.0. The number of hydrogen-bond donors (Lipinski definition) is 2. The van der Waals surface area contributed by atoms with Gasteiger partial charge in [-0.05, 0) is 68.1 Å². The number of benzene rings is 2. The molecule has 1 fully saturated rings. The number of hydrogen-bond acceptors (Lipinski definition) is 3. The first-order valence-electron chi connectivity index (χ1n) is 10.0. The number of anilines is 2. The summed E-state index contributed by atoms with van der Waals surface area (Å²) in [4.78, 5) is 24.5. The molecule has 0 aliphatic heterocycles. The average molecular weight is 380 g/mol. The maximum atomic E-state index is 12.6. The Morgan fingerprint density at radius 2 is 1.79 bits per heavy atom. The Morgan fingerprint density at radius 3 is 2.46 bits per heavy atom. The van der Waals surface area contributed by atoms with Gasteiger partial charge in [-0.2, -0.15) is 0 Å². The Bertz CT molecular complexity index is 826. The van der Waals surface area contributed by atoms with Gasteiger partial charge in [0, 0.05) is 22.9 Å². The van der Waals surface area contributed by atoms with Crippen LogP contribution in [0.15, 0.2) is 42.5 Å². The van der Waals surface area contributed by atoms with Crippen molar-refractivity contribution < 1.29 is 14.3 Å². The predicted molar refractivity (Wildman–Crippen MR) is 112 cm³/mol. The molecular weight excluding hydrogens is 352 g/mol. The van der Waals surface area contributed by atoms with E-state index in [4.69, 9.17) is 4.74 Å². The van der Waals surface area contributed by atoms with E-state index >= 15 is 0 Å². The van der Waals surface area contributed by atoms with Gasteiger partial charge in [0.25, 0.3) is 5.91 Å². The highest BCUT2D eigenvalue weighted by molar-refractivity contribution is 6.05. The molecule has 5 heteroatoms. The second-order valence-electron chi connectivity index (χ2n) is 7.33. The van der Waals surface area contributed by atoms with Crippen molar-refractivity contribution in [1.82, 2.24) is 0 Å². The van der Waals surface area contributed by atoms with E-state index < -0.39 is 0 Å². The van der Waals surface area contributed by atoms with Gasteiger partial charge >= 0.3 is 0 Å². The van der Waals surface area contributed by atoms with Gasteiger partial charge in [0.2, 0.25) is 5.91 Å². The number of carbonyl (C=O) groups excluding carboxylic acids is 2. The first-order chi connectivity index (χ1) is 13.6. The third-order valence-electron chi connectivity index (χ3n) is 4.83. The van der Waals surface area contributed by atoms with Crippen LogP contribution in [0.2, 0.25) is 0 Å². The molecule has 3 rings (SSSR count). The summed E-state index contributed by atoms with van der Waals surface area (Å²) in [5.74, 6) is 0.776. The summed E-state index contributed by atoms with van der Waals surface area (Å²) < 4.78 is 5.69. The van der Waals surface area contributed by atoms with Gasteiger partial charge in [0.05, 0.1) is 6.61 Å². The molecule has 2 aromatic rings. The number of nitrogens with one attached hydrogen (secondary N) is 2. The molecule has 2 aromatic carbocycles. The lowest BCUT2D eigenvalue weighted by Gasteiger charge is -2.12.